The Bertz CT molecular complexity index is 572. The van der Waals surface area contributed by atoms with E-state index in [0.29, 0.717) is 5.00 Å². The Morgan fingerprint density at radius 3 is 2.42 bits per heavy atom. The van der Waals surface area contributed by atoms with Gasteiger partial charge in [0, 0.05) is 38.5 Å². The van der Waals surface area contributed by atoms with Crippen LogP contribution in [-0.2, 0) is 9.84 Å². The third kappa shape index (κ3) is 2.56. The van der Waals surface area contributed by atoms with Gasteiger partial charge in [-0.2, -0.15) is 4.37 Å². The molecule has 1 aromatic rings. The van der Waals surface area contributed by atoms with Crippen LogP contribution in [0.5, 0.6) is 0 Å². The van der Waals surface area contributed by atoms with Crippen LogP contribution in [0.4, 0.5) is 10.8 Å². The molecule has 1 aliphatic carbocycles. The van der Waals surface area contributed by atoms with Crippen LogP contribution in [0.25, 0.3) is 0 Å². The molecule has 106 valence electrons. The minimum absolute atomic E-state index is 0.132. The predicted molar refractivity (Wildman–Crippen MR) is 76.4 cm³/mol. The van der Waals surface area contributed by atoms with Crippen molar-refractivity contribution in [1.82, 2.24) is 9.27 Å². The zero-order valence-corrected chi connectivity index (χ0v) is 12.5. The third-order valence-corrected chi connectivity index (χ3v) is 5.89. The number of nitrogens with zero attached hydrogens (tertiary/aromatic N) is 3. The normalized spacial score (nSPS) is 21.8. The fourth-order valence-corrected chi connectivity index (χ4v) is 4.82. The fourth-order valence-electron chi connectivity index (χ4n) is 2.56. The van der Waals surface area contributed by atoms with Crippen molar-refractivity contribution in [3.8, 4) is 0 Å². The molecule has 0 unspecified atom stereocenters. The van der Waals surface area contributed by atoms with Crippen LogP contribution >= 0.6 is 11.5 Å². The van der Waals surface area contributed by atoms with Gasteiger partial charge in [0.05, 0.1) is 0 Å². The molecule has 0 bridgehead atoms. The summed E-state index contributed by atoms with van der Waals surface area (Å²) in [5.74, 6) is 0.132. The molecular weight excluding hydrogens is 284 g/mol. The van der Waals surface area contributed by atoms with Crippen molar-refractivity contribution < 1.29 is 8.42 Å². The van der Waals surface area contributed by atoms with Gasteiger partial charge in [0.1, 0.15) is 9.90 Å². The second-order valence-electron chi connectivity index (χ2n) is 5.23. The molecule has 2 fully saturated rings. The quantitative estimate of drug-likeness (QED) is 0.871. The van der Waals surface area contributed by atoms with Crippen molar-refractivity contribution in [2.45, 2.75) is 23.8 Å². The van der Waals surface area contributed by atoms with E-state index >= 15 is 0 Å². The molecule has 3 rings (SSSR count). The third-order valence-electron chi connectivity index (χ3n) is 3.69. The fraction of sp³-hybridized carbons (Fsp3) is 0.727. The van der Waals surface area contributed by atoms with E-state index in [9.17, 15) is 8.42 Å². The monoisotopic (exact) mass is 302 g/mol. The summed E-state index contributed by atoms with van der Waals surface area (Å²) in [5.41, 5.74) is 5.70. The SMILES string of the molecule is CS(=O)(=O)c1c(N)nsc1N1CCN(C2CC2)CC1. The lowest BCUT2D eigenvalue weighted by Crippen LogP contribution is -2.47. The smallest absolute Gasteiger partial charge is 0.182 e. The maximum atomic E-state index is 11.8. The number of nitrogens with two attached hydrogens (primary N) is 1. The molecular formula is C11H18N4O2S2. The van der Waals surface area contributed by atoms with Gasteiger partial charge in [-0.05, 0) is 24.4 Å². The van der Waals surface area contributed by atoms with Crippen LogP contribution in [0.3, 0.4) is 0 Å². The van der Waals surface area contributed by atoms with Gasteiger partial charge in [0.2, 0.25) is 0 Å². The van der Waals surface area contributed by atoms with E-state index in [1.807, 2.05) is 0 Å². The van der Waals surface area contributed by atoms with Crippen LogP contribution in [0.1, 0.15) is 12.8 Å². The van der Waals surface area contributed by atoms with E-state index in [4.69, 9.17) is 5.73 Å². The first-order chi connectivity index (χ1) is 8.97. The standard InChI is InChI=1S/C11H18N4O2S2/c1-19(16,17)9-10(12)13-18-11(9)15-6-4-14(5-7-15)8-2-3-8/h8H,2-7H2,1H3,(H2,12,13). The Labute approximate surface area is 117 Å². The summed E-state index contributed by atoms with van der Waals surface area (Å²) in [6.45, 7) is 3.68. The average Bonchev–Trinajstić information content (AvgIpc) is 3.11. The van der Waals surface area contributed by atoms with Crippen molar-refractivity contribution in [2.24, 2.45) is 0 Å². The number of hydrogen-bond acceptors (Lipinski definition) is 7. The number of nitrogen functional groups attached to an aromatic ring is 1. The molecule has 2 heterocycles. The van der Waals surface area contributed by atoms with E-state index in [0.717, 1.165) is 32.2 Å². The van der Waals surface area contributed by atoms with Crippen molar-refractivity contribution in [3.63, 3.8) is 0 Å². The molecule has 0 radical (unpaired) electrons. The number of piperazine rings is 1. The van der Waals surface area contributed by atoms with E-state index in [1.165, 1.54) is 30.6 Å². The summed E-state index contributed by atoms with van der Waals surface area (Å²) < 4.78 is 27.6. The molecule has 2 N–H and O–H groups in total. The van der Waals surface area contributed by atoms with E-state index < -0.39 is 9.84 Å². The Morgan fingerprint density at radius 1 is 1.26 bits per heavy atom. The van der Waals surface area contributed by atoms with Crippen LogP contribution in [0.2, 0.25) is 0 Å². The highest BCUT2D eigenvalue weighted by Gasteiger charge is 2.33. The van der Waals surface area contributed by atoms with Gasteiger partial charge in [-0.15, -0.1) is 0 Å². The molecule has 1 aromatic heterocycles. The van der Waals surface area contributed by atoms with Gasteiger partial charge in [0.15, 0.2) is 15.7 Å². The minimum Gasteiger partial charge on any atom is -0.382 e. The minimum atomic E-state index is -3.32. The highest BCUT2D eigenvalue weighted by Crippen LogP contribution is 2.36. The molecule has 0 aromatic carbocycles. The summed E-state index contributed by atoms with van der Waals surface area (Å²) in [5, 5.41) is 0.704. The van der Waals surface area contributed by atoms with Gasteiger partial charge in [0.25, 0.3) is 0 Å². The predicted octanol–water partition coefficient (Wildman–Crippen LogP) is 0.413. The summed E-state index contributed by atoms with van der Waals surface area (Å²) in [7, 11) is -3.32. The molecule has 0 atom stereocenters. The van der Waals surface area contributed by atoms with Gasteiger partial charge in [-0.3, -0.25) is 4.90 Å². The molecule has 6 nitrogen and oxygen atoms in total. The highest BCUT2D eigenvalue weighted by atomic mass is 32.2. The second-order valence-corrected chi connectivity index (χ2v) is 7.93. The molecule has 8 heteroatoms. The summed E-state index contributed by atoms with van der Waals surface area (Å²) in [6.07, 6.45) is 3.81. The molecule has 1 aliphatic heterocycles. The van der Waals surface area contributed by atoms with Crippen LogP contribution in [-0.4, -0.2) is 56.2 Å². The van der Waals surface area contributed by atoms with Crippen LogP contribution in [0.15, 0.2) is 4.90 Å². The highest BCUT2D eigenvalue weighted by molar-refractivity contribution is 7.91. The molecule has 0 spiro atoms. The summed E-state index contributed by atoms with van der Waals surface area (Å²) in [4.78, 5) is 4.79. The largest absolute Gasteiger partial charge is 0.382 e. The summed E-state index contributed by atoms with van der Waals surface area (Å²) in [6, 6.07) is 0.767. The maximum Gasteiger partial charge on any atom is 0.182 e. The maximum absolute atomic E-state index is 11.8. The first kappa shape index (κ1) is 13.1. The molecule has 2 aliphatic rings. The van der Waals surface area contributed by atoms with Gasteiger partial charge < -0.3 is 10.6 Å². The lowest BCUT2D eigenvalue weighted by Gasteiger charge is -2.35. The van der Waals surface area contributed by atoms with Crippen LogP contribution < -0.4 is 10.6 Å². The second kappa shape index (κ2) is 4.60. The first-order valence-corrected chi connectivity index (χ1v) is 9.07. The van der Waals surface area contributed by atoms with Gasteiger partial charge in [-0.1, -0.05) is 0 Å². The molecule has 1 saturated carbocycles. The molecule has 19 heavy (non-hydrogen) atoms. The van der Waals surface area contributed by atoms with Crippen molar-refractivity contribution >= 4 is 32.2 Å². The number of anilines is 2. The molecule has 0 amide bonds. The number of hydrogen-bond donors (Lipinski definition) is 1. The Morgan fingerprint density at radius 2 is 1.89 bits per heavy atom. The summed E-state index contributed by atoms with van der Waals surface area (Å²) >= 11 is 1.19. The zero-order chi connectivity index (χ0) is 13.6. The van der Waals surface area contributed by atoms with Crippen molar-refractivity contribution in [1.29, 1.82) is 0 Å². The Balaban J connectivity index is 1.80. The average molecular weight is 302 g/mol. The number of aromatic nitrogens is 1. The zero-order valence-electron chi connectivity index (χ0n) is 10.9. The first-order valence-electron chi connectivity index (χ1n) is 6.41. The van der Waals surface area contributed by atoms with Gasteiger partial charge >= 0.3 is 0 Å². The lowest BCUT2D eigenvalue weighted by molar-refractivity contribution is 0.248. The van der Waals surface area contributed by atoms with Gasteiger partial charge in [-0.25, -0.2) is 8.42 Å². The van der Waals surface area contributed by atoms with Crippen molar-refractivity contribution in [3.05, 3.63) is 0 Å². The van der Waals surface area contributed by atoms with Crippen LogP contribution in [0, 0.1) is 0 Å². The Kier molecular flexibility index (Phi) is 3.18. The van der Waals surface area contributed by atoms with E-state index in [1.54, 1.807) is 0 Å². The lowest BCUT2D eigenvalue weighted by atomic mass is 10.3. The van der Waals surface area contributed by atoms with Crippen molar-refractivity contribution in [2.75, 3.05) is 43.1 Å². The number of sulfone groups is 1. The topological polar surface area (TPSA) is 79.5 Å². The van der Waals surface area contributed by atoms with E-state index in [2.05, 4.69) is 14.2 Å². The number of rotatable bonds is 3. The Hall–Kier alpha value is -0.860. The van der Waals surface area contributed by atoms with E-state index in [-0.39, 0.29) is 10.7 Å². The molecule has 1 saturated heterocycles.